The maximum Gasteiger partial charge on any atom is 0.243 e. The van der Waals surface area contributed by atoms with Gasteiger partial charge < -0.3 is 10.3 Å². The second-order valence-corrected chi connectivity index (χ2v) is 5.78. The van der Waals surface area contributed by atoms with Crippen molar-refractivity contribution in [2.45, 2.75) is 44.6 Å². The van der Waals surface area contributed by atoms with Gasteiger partial charge in [-0.1, -0.05) is 36.6 Å². The van der Waals surface area contributed by atoms with Gasteiger partial charge in [0.2, 0.25) is 5.89 Å². The lowest BCUT2D eigenvalue weighted by molar-refractivity contribution is 0.255. The molecule has 112 valence electrons. The maximum absolute atomic E-state index is 12.9. The quantitative estimate of drug-likeness (QED) is 0.937. The summed E-state index contributed by atoms with van der Waals surface area (Å²) in [6.45, 7) is 0. The summed E-state index contributed by atoms with van der Waals surface area (Å²) in [7, 11) is 0. The van der Waals surface area contributed by atoms with E-state index in [1.807, 2.05) is 0 Å². The van der Waals surface area contributed by atoms with Gasteiger partial charge in [0.1, 0.15) is 5.82 Å². The summed E-state index contributed by atoms with van der Waals surface area (Å²) in [5.74, 6) is 1.33. The Morgan fingerprint density at radius 1 is 1.19 bits per heavy atom. The average Bonchev–Trinajstić information content (AvgIpc) is 2.98. The van der Waals surface area contributed by atoms with Crippen molar-refractivity contribution in [3.8, 4) is 0 Å². The Labute approximate surface area is 123 Å². The number of hydrogen-bond donors (Lipinski definition) is 1. The van der Waals surface area contributed by atoms with Crippen LogP contribution in [0.1, 0.15) is 55.4 Å². The zero-order valence-electron chi connectivity index (χ0n) is 12.0. The van der Waals surface area contributed by atoms with Gasteiger partial charge in [-0.15, -0.1) is 0 Å². The van der Waals surface area contributed by atoms with Gasteiger partial charge in [0.15, 0.2) is 5.82 Å². The summed E-state index contributed by atoms with van der Waals surface area (Å²) in [6, 6.07) is 6.16. The number of aromatic nitrogens is 2. The Morgan fingerprint density at radius 3 is 2.62 bits per heavy atom. The Morgan fingerprint density at radius 2 is 1.90 bits per heavy atom. The fraction of sp³-hybridized carbons (Fsp3) is 0.500. The fourth-order valence-electron chi connectivity index (χ4n) is 2.95. The minimum absolute atomic E-state index is 0.167. The molecular formula is C16H20FN3O. The van der Waals surface area contributed by atoms with Gasteiger partial charge in [-0.2, -0.15) is 4.98 Å². The number of nitrogens with zero attached hydrogens (tertiary/aromatic N) is 2. The second kappa shape index (κ2) is 6.35. The lowest BCUT2D eigenvalue weighted by atomic mass is 9.84. The smallest absolute Gasteiger partial charge is 0.243 e. The van der Waals surface area contributed by atoms with Crippen LogP contribution in [0.25, 0.3) is 0 Å². The molecule has 1 aliphatic carbocycles. The largest absolute Gasteiger partial charge is 0.338 e. The molecule has 1 heterocycles. The first-order valence-corrected chi connectivity index (χ1v) is 7.55. The van der Waals surface area contributed by atoms with Crippen LogP contribution in [-0.2, 0) is 6.42 Å². The third-order valence-electron chi connectivity index (χ3n) is 4.20. The first-order valence-electron chi connectivity index (χ1n) is 7.55. The molecule has 1 saturated carbocycles. The van der Waals surface area contributed by atoms with E-state index in [1.54, 1.807) is 12.1 Å². The van der Waals surface area contributed by atoms with Gasteiger partial charge in [-0.25, -0.2) is 4.39 Å². The van der Waals surface area contributed by atoms with E-state index in [0.29, 0.717) is 24.1 Å². The van der Waals surface area contributed by atoms with Crippen LogP contribution in [-0.4, -0.2) is 10.1 Å². The van der Waals surface area contributed by atoms with E-state index in [-0.39, 0.29) is 11.9 Å². The Kier molecular flexibility index (Phi) is 4.29. The Balaban J connectivity index is 1.66. The summed E-state index contributed by atoms with van der Waals surface area (Å²) in [5, 5.41) is 3.99. The predicted octanol–water partition coefficient (Wildman–Crippen LogP) is 3.38. The van der Waals surface area contributed by atoms with Crippen LogP contribution in [0, 0.1) is 11.7 Å². The van der Waals surface area contributed by atoms with Crippen LogP contribution in [0.15, 0.2) is 28.8 Å². The molecule has 0 bridgehead atoms. The summed E-state index contributed by atoms with van der Waals surface area (Å²) >= 11 is 0. The van der Waals surface area contributed by atoms with E-state index < -0.39 is 0 Å². The average molecular weight is 289 g/mol. The van der Waals surface area contributed by atoms with Gasteiger partial charge in [0, 0.05) is 6.42 Å². The highest BCUT2D eigenvalue weighted by Gasteiger charge is 2.26. The van der Waals surface area contributed by atoms with Gasteiger partial charge in [-0.3, -0.25) is 0 Å². The molecule has 0 saturated heterocycles. The molecule has 2 aromatic rings. The second-order valence-electron chi connectivity index (χ2n) is 5.78. The van der Waals surface area contributed by atoms with E-state index in [4.69, 9.17) is 10.3 Å². The molecule has 1 aromatic heterocycles. The van der Waals surface area contributed by atoms with Crippen molar-refractivity contribution in [3.63, 3.8) is 0 Å². The van der Waals surface area contributed by atoms with E-state index >= 15 is 0 Å². The zero-order valence-corrected chi connectivity index (χ0v) is 12.0. The molecule has 1 atom stereocenters. The standard InChI is InChI=1S/C16H20FN3O/c17-13-8-6-11(7-9-13)10-14-19-16(21-20-14)15(18)12-4-2-1-3-5-12/h6-9,12,15H,1-5,10,18H2. The zero-order chi connectivity index (χ0) is 14.7. The molecule has 0 spiro atoms. The third kappa shape index (κ3) is 3.47. The van der Waals surface area contributed by atoms with Crippen molar-refractivity contribution in [2.75, 3.05) is 0 Å². The van der Waals surface area contributed by atoms with Crippen LogP contribution in [0.5, 0.6) is 0 Å². The highest BCUT2D eigenvalue weighted by molar-refractivity contribution is 5.19. The van der Waals surface area contributed by atoms with E-state index in [0.717, 1.165) is 18.4 Å². The maximum atomic E-state index is 12.9. The molecule has 5 heteroatoms. The lowest BCUT2D eigenvalue weighted by Crippen LogP contribution is -2.23. The van der Waals surface area contributed by atoms with Crippen LogP contribution in [0.3, 0.4) is 0 Å². The molecule has 1 unspecified atom stereocenters. The van der Waals surface area contributed by atoms with Crippen LogP contribution >= 0.6 is 0 Å². The van der Waals surface area contributed by atoms with Crippen LogP contribution in [0.2, 0.25) is 0 Å². The molecule has 21 heavy (non-hydrogen) atoms. The molecule has 3 rings (SSSR count). The van der Waals surface area contributed by atoms with Gasteiger partial charge in [-0.05, 0) is 36.5 Å². The van der Waals surface area contributed by atoms with Crippen LogP contribution in [0.4, 0.5) is 4.39 Å². The normalized spacial score (nSPS) is 17.8. The number of nitrogens with two attached hydrogens (primary N) is 1. The first kappa shape index (κ1) is 14.2. The number of halogens is 1. The van der Waals surface area contributed by atoms with Crippen molar-refractivity contribution in [1.29, 1.82) is 0 Å². The number of hydrogen-bond acceptors (Lipinski definition) is 4. The van der Waals surface area contributed by atoms with Crippen molar-refractivity contribution in [1.82, 2.24) is 10.1 Å². The van der Waals surface area contributed by atoms with Crippen molar-refractivity contribution in [3.05, 3.63) is 47.4 Å². The van der Waals surface area contributed by atoms with Gasteiger partial charge in [0.05, 0.1) is 6.04 Å². The summed E-state index contributed by atoms with van der Waals surface area (Å²) in [5.41, 5.74) is 7.20. The third-order valence-corrected chi connectivity index (χ3v) is 4.20. The van der Waals surface area contributed by atoms with Crippen molar-refractivity contribution >= 4 is 0 Å². The fourth-order valence-corrected chi connectivity index (χ4v) is 2.95. The summed E-state index contributed by atoms with van der Waals surface area (Å²) < 4.78 is 18.2. The molecule has 0 radical (unpaired) electrons. The summed E-state index contributed by atoms with van der Waals surface area (Å²) in [4.78, 5) is 4.41. The van der Waals surface area contributed by atoms with E-state index in [9.17, 15) is 4.39 Å². The van der Waals surface area contributed by atoms with E-state index in [2.05, 4.69) is 10.1 Å². The minimum Gasteiger partial charge on any atom is -0.338 e. The molecule has 4 nitrogen and oxygen atoms in total. The minimum atomic E-state index is -0.244. The molecule has 1 aromatic carbocycles. The number of benzene rings is 1. The monoisotopic (exact) mass is 289 g/mol. The topological polar surface area (TPSA) is 64.9 Å². The Hall–Kier alpha value is -1.75. The highest BCUT2D eigenvalue weighted by atomic mass is 19.1. The summed E-state index contributed by atoms with van der Waals surface area (Å²) in [6.07, 6.45) is 6.56. The molecular weight excluding hydrogens is 269 g/mol. The van der Waals surface area contributed by atoms with Crippen molar-refractivity contribution < 1.29 is 8.91 Å². The SMILES string of the molecule is NC(c1nc(Cc2ccc(F)cc2)no1)C1CCCCC1. The van der Waals surface area contributed by atoms with Gasteiger partial charge >= 0.3 is 0 Å². The van der Waals surface area contributed by atoms with Crippen molar-refractivity contribution in [2.24, 2.45) is 11.7 Å². The molecule has 0 aliphatic heterocycles. The molecule has 1 fully saturated rings. The number of rotatable bonds is 4. The van der Waals surface area contributed by atoms with Gasteiger partial charge in [0.25, 0.3) is 0 Å². The first-order chi connectivity index (χ1) is 10.2. The molecule has 1 aliphatic rings. The van der Waals surface area contributed by atoms with E-state index in [1.165, 1.54) is 31.4 Å². The molecule has 0 amide bonds. The highest BCUT2D eigenvalue weighted by Crippen LogP contribution is 2.32. The lowest BCUT2D eigenvalue weighted by Gasteiger charge is -2.24. The molecule has 2 N–H and O–H groups in total. The Bertz CT molecular complexity index is 575. The predicted molar refractivity (Wildman–Crippen MR) is 77.0 cm³/mol. The van der Waals surface area contributed by atoms with Crippen LogP contribution < -0.4 is 5.73 Å².